The van der Waals surface area contributed by atoms with Crippen LogP contribution in [-0.4, -0.2) is 63.1 Å². The van der Waals surface area contributed by atoms with E-state index in [-0.39, 0.29) is 10.8 Å². The molecule has 0 aromatic rings. The molecule has 0 radical (unpaired) electrons. The number of aliphatic carboxylic acids is 1. The summed E-state index contributed by atoms with van der Waals surface area (Å²) in [5, 5.41) is 9.46. The van der Waals surface area contributed by atoms with Crippen LogP contribution in [0.4, 0.5) is 4.79 Å². The lowest BCUT2D eigenvalue weighted by atomic mass is 9.89. The molecule has 0 aromatic carbocycles. The van der Waals surface area contributed by atoms with Crippen molar-refractivity contribution >= 4 is 23.8 Å². The number of rotatable bonds is 2. The van der Waals surface area contributed by atoms with E-state index < -0.39 is 12.0 Å². The number of hydrogen-bond acceptors (Lipinski definition) is 3. The highest BCUT2D eigenvalue weighted by Gasteiger charge is 2.39. The van der Waals surface area contributed by atoms with Crippen LogP contribution in [0.2, 0.25) is 0 Å². The van der Waals surface area contributed by atoms with Crippen molar-refractivity contribution in [3.8, 4) is 0 Å². The lowest BCUT2D eigenvalue weighted by Gasteiger charge is -2.43. The molecule has 2 fully saturated rings. The van der Waals surface area contributed by atoms with E-state index in [2.05, 4.69) is 20.8 Å². The molecule has 0 spiro atoms. The summed E-state index contributed by atoms with van der Waals surface area (Å²) < 4.78 is 0.0500. The normalized spacial score (nSPS) is 29.3. The highest BCUT2D eigenvalue weighted by Crippen LogP contribution is 2.32. The highest BCUT2D eigenvalue weighted by atomic mass is 32.2. The molecule has 0 aromatic heterocycles. The van der Waals surface area contributed by atoms with Crippen molar-refractivity contribution in [2.75, 3.05) is 25.4 Å². The van der Waals surface area contributed by atoms with Crippen molar-refractivity contribution in [3.05, 3.63) is 0 Å². The number of urea groups is 1. The number of hydrogen-bond donors (Lipinski definition) is 1. The van der Waals surface area contributed by atoms with Crippen molar-refractivity contribution in [2.45, 2.75) is 50.8 Å². The number of carbonyl (C=O) groups is 2. The first-order chi connectivity index (χ1) is 9.84. The first kappa shape index (κ1) is 16.5. The molecule has 2 aliphatic heterocycles. The van der Waals surface area contributed by atoms with Crippen LogP contribution in [-0.2, 0) is 4.79 Å². The van der Waals surface area contributed by atoms with E-state index >= 15 is 0 Å². The van der Waals surface area contributed by atoms with Crippen LogP contribution in [0.5, 0.6) is 0 Å². The number of likely N-dealkylation sites (tertiary alicyclic amines) is 1. The van der Waals surface area contributed by atoms with Gasteiger partial charge in [-0.05, 0) is 32.6 Å². The van der Waals surface area contributed by atoms with Gasteiger partial charge in [-0.25, -0.2) is 9.59 Å². The Kier molecular flexibility index (Phi) is 5.07. The molecule has 6 heteroatoms. The molecular weight excluding hydrogens is 288 g/mol. The van der Waals surface area contributed by atoms with Gasteiger partial charge in [0.15, 0.2) is 0 Å². The lowest BCUT2D eigenvalue weighted by Crippen LogP contribution is -2.57. The first-order valence-corrected chi connectivity index (χ1v) is 8.75. The Hall–Kier alpha value is -0.910. The van der Waals surface area contributed by atoms with Crippen LogP contribution < -0.4 is 0 Å². The van der Waals surface area contributed by atoms with Gasteiger partial charge < -0.3 is 14.9 Å². The molecule has 5 nitrogen and oxygen atoms in total. The Morgan fingerprint density at radius 1 is 1.33 bits per heavy atom. The zero-order valence-corrected chi connectivity index (χ0v) is 14.0. The van der Waals surface area contributed by atoms with Crippen LogP contribution in [0.3, 0.4) is 0 Å². The van der Waals surface area contributed by atoms with E-state index in [4.69, 9.17) is 0 Å². The average molecular weight is 314 g/mol. The van der Waals surface area contributed by atoms with E-state index in [9.17, 15) is 14.7 Å². The summed E-state index contributed by atoms with van der Waals surface area (Å²) in [6.07, 6.45) is 2.49. The van der Waals surface area contributed by atoms with Gasteiger partial charge in [0, 0.05) is 30.1 Å². The van der Waals surface area contributed by atoms with E-state index in [0.29, 0.717) is 32.0 Å². The third-order valence-electron chi connectivity index (χ3n) is 4.52. The largest absolute Gasteiger partial charge is 0.480 e. The number of piperidine rings is 1. The highest BCUT2D eigenvalue weighted by molar-refractivity contribution is 8.00. The summed E-state index contributed by atoms with van der Waals surface area (Å²) in [6, 6.07) is -0.751. The van der Waals surface area contributed by atoms with Gasteiger partial charge in [0.2, 0.25) is 0 Å². The maximum atomic E-state index is 12.7. The van der Waals surface area contributed by atoms with Crippen molar-refractivity contribution in [1.82, 2.24) is 9.80 Å². The first-order valence-electron chi connectivity index (χ1n) is 7.76. The molecule has 2 saturated heterocycles. The van der Waals surface area contributed by atoms with Gasteiger partial charge in [-0.1, -0.05) is 13.3 Å². The maximum absolute atomic E-state index is 12.7. The van der Waals surface area contributed by atoms with Gasteiger partial charge in [-0.15, -0.1) is 0 Å². The zero-order chi connectivity index (χ0) is 15.6. The standard InChI is InChI=1S/C15H26N2O3S/c1-4-11-5-6-17(12(9-11)13(18)19)14(20)16-7-8-21-15(2,3)10-16/h11-12H,4-10H2,1-3H3,(H,18,19). The van der Waals surface area contributed by atoms with Gasteiger partial charge in [-0.3, -0.25) is 0 Å². The molecule has 2 rings (SSSR count). The van der Waals surface area contributed by atoms with E-state index in [1.54, 1.807) is 4.90 Å². The second-order valence-electron chi connectivity index (χ2n) is 6.66. The molecule has 0 aliphatic carbocycles. The minimum atomic E-state index is -0.868. The number of carbonyl (C=O) groups excluding carboxylic acids is 1. The predicted octanol–water partition coefficient (Wildman–Crippen LogP) is 2.51. The fourth-order valence-electron chi connectivity index (χ4n) is 3.23. The number of amides is 2. The van der Waals surface area contributed by atoms with Crippen LogP contribution in [0.15, 0.2) is 0 Å². The minimum absolute atomic E-state index is 0.0500. The lowest BCUT2D eigenvalue weighted by molar-refractivity contribution is -0.144. The van der Waals surface area contributed by atoms with Crippen molar-refractivity contribution in [3.63, 3.8) is 0 Å². The summed E-state index contributed by atoms with van der Waals surface area (Å²) >= 11 is 1.87. The topological polar surface area (TPSA) is 60.9 Å². The number of carboxylic acid groups (broad SMARTS) is 1. The van der Waals surface area contributed by atoms with Gasteiger partial charge >= 0.3 is 12.0 Å². The van der Waals surface area contributed by atoms with Crippen molar-refractivity contribution in [1.29, 1.82) is 0 Å². The summed E-state index contributed by atoms with van der Waals surface area (Å²) in [4.78, 5) is 27.7. The summed E-state index contributed by atoms with van der Waals surface area (Å²) in [7, 11) is 0. The van der Waals surface area contributed by atoms with E-state index in [1.807, 2.05) is 16.7 Å². The molecule has 0 saturated carbocycles. The smallest absolute Gasteiger partial charge is 0.326 e. The Morgan fingerprint density at radius 2 is 2.05 bits per heavy atom. The quantitative estimate of drug-likeness (QED) is 0.851. The second kappa shape index (κ2) is 6.46. The molecule has 0 bridgehead atoms. The molecule has 2 unspecified atom stereocenters. The number of nitrogens with zero attached hydrogens (tertiary/aromatic N) is 2. The average Bonchev–Trinajstić information content (AvgIpc) is 2.44. The molecule has 2 amide bonds. The molecule has 1 N–H and O–H groups in total. The Labute approximate surface area is 131 Å². The number of thioether (sulfide) groups is 1. The zero-order valence-electron chi connectivity index (χ0n) is 13.2. The molecule has 2 atom stereocenters. The maximum Gasteiger partial charge on any atom is 0.326 e. The second-order valence-corrected chi connectivity index (χ2v) is 8.46. The van der Waals surface area contributed by atoms with Crippen LogP contribution in [0, 0.1) is 5.92 Å². The van der Waals surface area contributed by atoms with Gasteiger partial charge in [0.05, 0.1) is 0 Å². The monoisotopic (exact) mass is 314 g/mol. The number of carboxylic acids is 1. The van der Waals surface area contributed by atoms with Crippen LogP contribution >= 0.6 is 11.8 Å². The molecule has 21 heavy (non-hydrogen) atoms. The van der Waals surface area contributed by atoms with Gasteiger partial charge in [-0.2, -0.15) is 11.8 Å². The Balaban J connectivity index is 2.08. The molecular formula is C15H26N2O3S. The predicted molar refractivity (Wildman–Crippen MR) is 84.7 cm³/mol. The third kappa shape index (κ3) is 3.84. The molecule has 2 heterocycles. The molecule has 2 aliphatic rings. The fourth-order valence-corrected chi connectivity index (χ4v) is 4.34. The third-order valence-corrected chi connectivity index (χ3v) is 5.81. The van der Waals surface area contributed by atoms with E-state index in [0.717, 1.165) is 18.6 Å². The summed E-state index contributed by atoms with van der Waals surface area (Å²) in [6.45, 7) is 8.33. The Bertz CT molecular complexity index is 414. The van der Waals surface area contributed by atoms with Crippen molar-refractivity contribution < 1.29 is 14.7 Å². The van der Waals surface area contributed by atoms with Crippen LogP contribution in [0.25, 0.3) is 0 Å². The van der Waals surface area contributed by atoms with Gasteiger partial charge in [0.25, 0.3) is 0 Å². The minimum Gasteiger partial charge on any atom is -0.480 e. The Morgan fingerprint density at radius 3 is 2.62 bits per heavy atom. The SMILES string of the molecule is CCC1CCN(C(=O)N2CCSC(C)(C)C2)C(C(=O)O)C1. The van der Waals surface area contributed by atoms with E-state index in [1.165, 1.54) is 0 Å². The van der Waals surface area contributed by atoms with Crippen molar-refractivity contribution in [2.24, 2.45) is 5.92 Å². The fraction of sp³-hybridized carbons (Fsp3) is 0.867. The van der Waals surface area contributed by atoms with Gasteiger partial charge in [0.1, 0.15) is 6.04 Å². The molecule has 120 valence electrons. The summed E-state index contributed by atoms with van der Waals surface area (Å²) in [5.41, 5.74) is 0. The van der Waals surface area contributed by atoms with Crippen LogP contribution in [0.1, 0.15) is 40.0 Å². The summed E-state index contributed by atoms with van der Waals surface area (Å²) in [5.74, 6) is 0.470.